The lowest BCUT2D eigenvalue weighted by atomic mass is 9.95. The largest absolute Gasteiger partial charge is 0.326 e. The van der Waals surface area contributed by atoms with Crippen molar-refractivity contribution in [3.63, 3.8) is 0 Å². The molecule has 3 rings (SSSR count). The number of carbonyl (C=O) groups is 2. The molecule has 2 amide bonds. The molecule has 4 heteroatoms. The maximum atomic E-state index is 12.6. The van der Waals surface area contributed by atoms with Crippen LogP contribution in [0.5, 0.6) is 0 Å². The van der Waals surface area contributed by atoms with Gasteiger partial charge in [0.05, 0.1) is 0 Å². The van der Waals surface area contributed by atoms with Gasteiger partial charge >= 0.3 is 0 Å². The van der Waals surface area contributed by atoms with Crippen molar-refractivity contribution in [3.8, 4) is 11.1 Å². The Morgan fingerprint density at radius 3 is 1.86 bits per heavy atom. The Morgan fingerprint density at radius 1 is 0.679 bits per heavy atom. The third kappa shape index (κ3) is 4.86. The SMILES string of the molecule is CC(C)(C)C(=O)Nc1cccc(NC(=O)c2ccc(-c3ccccc3)cc2)c1. The maximum Gasteiger partial charge on any atom is 0.255 e. The van der Waals surface area contributed by atoms with Crippen LogP contribution in [-0.4, -0.2) is 11.8 Å². The van der Waals surface area contributed by atoms with Gasteiger partial charge in [0, 0.05) is 22.4 Å². The lowest BCUT2D eigenvalue weighted by Gasteiger charge is -2.18. The van der Waals surface area contributed by atoms with E-state index in [-0.39, 0.29) is 11.8 Å². The number of carbonyl (C=O) groups excluding carboxylic acids is 2. The van der Waals surface area contributed by atoms with Crippen molar-refractivity contribution < 1.29 is 9.59 Å². The van der Waals surface area contributed by atoms with E-state index < -0.39 is 5.41 Å². The van der Waals surface area contributed by atoms with E-state index in [1.165, 1.54) is 0 Å². The zero-order valence-electron chi connectivity index (χ0n) is 16.3. The van der Waals surface area contributed by atoms with Gasteiger partial charge in [-0.25, -0.2) is 0 Å². The predicted molar refractivity (Wildman–Crippen MR) is 114 cm³/mol. The van der Waals surface area contributed by atoms with Crippen LogP contribution in [-0.2, 0) is 4.79 Å². The van der Waals surface area contributed by atoms with Crippen LogP contribution < -0.4 is 10.6 Å². The third-order valence-electron chi connectivity index (χ3n) is 4.31. The Bertz CT molecular complexity index is 971. The number of hydrogen-bond donors (Lipinski definition) is 2. The molecule has 0 saturated heterocycles. The smallest absolute Gasteiger partial charge is 0.255 e. The predicted octanol–water partition coefficient (Wildman–Crippen LogP) is 5.59. The molecule has 142 valence electrons. The van der Waals surface area contributed by atoms with Gasteiger partial charge in [-0.05, 0) is 41.5 Å². The van der Waals surface area contributed by atoms with Crippen molar-refractivity contribution in [3.05, 3.63) is 84.4 Å². The van der Waals surface area contributed by atoms with Crippen LogP contribution in [0.25, 0.3) is 11.1 Å². The molecule has 28 heavy (non-hydrogen) atoms. The maximum absolute atomic E-state index is 12.6. The summed E-state index contributed by atoms with van der Waals surface area (Å²) in [5.41, 5.74) is 3.53. The second-order valence-electron chi connectivity index (χ2n) is 7.68. The van der Waals surface area contributed by atoms with Gasteiger partial charge in [-0.2, -0.15) is 0 Å². The average Bonchev–Trinajstić information content (AvgIpc) is 2.68. The summed E-state index contributed by atoms with van der Waals surface area (Å²) in [6.07, 6.45) is 0. The minimum Gasteiger partial charge on any atom is -0.326 e. The summed E-state index contributed by atoms with van der Waals surface area (Å²) in [5, 5.41) is 5.75. The van der Waals surface area contributed by atoms with Gasteiger partial charge < -0.3 is 10.6 Å². The molecular formula is C24H24N2O2. The second-order valence-corrected chi connectivity index (χ2v) is 7.68. The van der Waals surface area contributed by atoms with E-state index in [0.29, 0.717) is 16.9 Å². The molecule has 0 radical (unpaired) electrons. The lowest BCUT2D eigenvalue weighted by molar-refractivity contribution is -0.123. The number of nitrogens with one attached hydrogen (secondary N) is 2. The van der Waals surface area contributed by atoms with E-state index in [1.807, 2.05) is 75.4 Å². The quantitative estimate of drug-likeness (QED) is 0.627. The molecule has 0 heterocycles. The summed E-state index contributed by atoms with van der Waals surface area (Å²) < 4.78 is 0. The zero-order chi connectivity index (χ0) is 20.1. The van der Waals surface area contributed by atoms with Crippen LogP contribution in [0.1, 0.15) is 31.1 Å². The molecule has 0 atom stereocenters. The van der Waals surface area contributed by atoms with Crippen LogP contribution >= 0.6 is 0 Å². The molecule has 0 bridgehead atoms. The van der Waals surface area contributed by atoms with Gasteiger partial charge in [-0.1, -0.05) is 69.3 Å². The number of hydrogen-bond acceptors (Lipinski definition) is 2. The van der Waals surface area contributed by atoms with Crippen LogP contribution in [0.15, 0.2) is 78.9 Å². The summed E-state index contributed by atoms with van der Waals surface area (Å²) in [6.45, 7) is 5.56. The highest BCUT2D eigenvalue weighted by molar-refractivity contribution is 6.05. The fourth-order valence-electron chi connectivity index (χ4n) is 2.64. The normalized spacial score (nSPS) is 11.0. The number of anilines is 2. The van der Waals surface area contributed by atoms with E-state index in [0.717, 1.165) is 11.1 Å². The first kappa shape index (κ1) is 19.4. The third-order valence-corrected chi connectivity index (χ3v) is 4.31. The molecule has 0 fully saturated rings. The first-order chi connectivity index (χ1) is 13.3. The Kier molecular flexibility index (Phi) is 5.59. The highest BCUT2D eigenvalue weighted by atomic mass is 16.2. The fourth-order valence-corrected chi connectivity index (χ4v) is 2.64. The van der Waals surface area contributed by atoms with E-state index in [4.69, 9.17) is 0 Å². The van der Waals surface area contributed by atoms with Crippen LogP contribution in [0.2, 0.25) is 0 Å². The Labute approximate surface area is 165 Å². The van der Waals surface area contributed by atoms with Crippen molar-refractivity contribution in [2.24, 2.45) is 5.41 Å². The number of rotatable bonds is 4. The van der Waals surface area contributed by atoms with Gasteiger partial charge in [0.2, 0.25) is 5.91 Å². The fraction of sp³-hybridized carbons (Fsp3) is 0.167. The molecule has 0 spiro atoms. The summed E-state index contributed by atoms with van der Waals surface area (Å²) in [5.74, 6) is -0.272. The molecule has 3 aromatic rings. The van der Waals surface area contributed by atoms with Gasteiger partial charge in [0.25, 0.3) is 5.91 Å². The molecule has 0 aliphatic carbocycles. The summed E-state index contributed by atoms with van der Waals surface area (Å²) in [7, 11) is 0. The molecule has 0 saturated carbocycles. The van der Waals surface area contributed by atoms with Crippen LogP contribution in [0.4, 0.5) is 11.4 Å². The van der Waals surface area contributed by atoms with Crippen LogP contribution in [0, 0.1) is 5.41 Å². The standard InChI is InChI=1S/C24H24N2O2/c1-24(2,3)23(28)26-21-11-7-10-20(16-21)25-22(27)19-14-12-18(13-15-19)17-8-5-4-6-9-17/h4-16H,1-3H3,(H,25,27)(H,26,28). The molecule has 2 N–H and O–H groups in total. The van der Waals surface area contributed by atoms with E-state index in [2.05, 4.69) is 10.6 Å². The topological polar surface area (TPSA) is 58.2 Å². The molecular weight excluding hydrogens is 348 g/mol. The highest BCUT2D eigenvalue weighted by Gasteiger charge is 2.21. The monoisotopic (exact) mass is 372 g/mol. The number of amides is 2. The average molecular weight is 372 g/mol. The van der Waals surface area contributed by atoms with Gasteiger partial charge in [-0.15, -0.1) is 0 Å². The minimum absolute atomic E-state index is 0.0764. The first-order valence-corrected chi connectivity index (χ1v) is 9.21. The molecule has 0 aromatic heterocycles. The highest BCUT2D eigenvalue weighted by Crippen LogP contribution is 2.22. The van der Waals surface area contributed by atoms with Crippen molar-refractivity contribution >= 4 is 23.2 Å². The van der Waals surface area contributed by atoms with Gasteiger partial charge in [0.15, 0.2) is 0 Å². The molecule has 0 aliphatic heterocycles. The van der Waals surface area contributed by atoms with Gasteiger partial charge in [-0.3, -0.25) is 9.59 Å². The summed E-state index contributed by atoms with van der Waals surface area (Å²) >= 11 is 0. The molecule has 0 aliphatic rings. The van der Waals surface area contributed by atoms with E-state index in [1.54, 1.807) is 24.3 Å². The number of benzene rings is 3. The second kappa shape index (κ2) is 8.09. The van der Waals surface area contributed by atoms with Crippen LogP contribution in [0.3, 0.4) is 0 Å². The minimum atomic E-state index is -0.486. The molecule has 3 aromatic carbocycles. The first-order valence-electron chi connectivity index (χ1n) is 9.21. The van der Waals surface area contributed by atoms with Gasteiger partial charge in [0.1, 0.15) is 0 Å². The molecule has 4 nitrogen and oxygen atoms in total. The Morgan fingerprint density at radius 2 is 1.25 bits per heavy atom. The van der Waals surface area contributed by atoms with E-state index in [9.17, 15) is 9.59 Å². The van der Waals surface area contributed by atoms with Crippen molar-refractivity contribution in [2.45, 2.75) is 20.8 Å². The van der Waals surface area contributed by atoms with Crippen molar-refractivity contribution in [1.82, 2.24) is 0 Å². The summed E-state index contributed by atoms with van der Waals surface area (Å²) in [4.78, 5) is 24.7. The Balaban J connectivity index is 1.69. The lowest BCUT2D eigenvalue weighted by Crippen LogP contribution is -2.27. The molecule has 0 unspecified atom stereocenters. The van der Waals surface area contributed by atoms with Crippen molar-refractivity contribution in [1.29, 1.82) is 0 Å². The summed E-state index contributed by atoms with van der Waals surface area (Å²) in [6, 6.07) is 24.6. The van der Waals surface area contributed by atoms with Crippen molar-refractivity contribution in [2.75, 3.05) is 10.6 Å². The van der Waals surface area contributed by atoms with E-state index >= 15 is 0 Å². The zero-order valence-corrected chi connectivity index (χ0v) is 16.3. The Hall–Kier alpha value is -3.40.